The van der Waals surface area contributed by atoms with E-state index < -0.39 is 18.0 Å². The van der Waals surface area contributed by atoms with Crippen molar-refractivity contribution in [3.8, 4) is 11.5 Å². The minimum absolute atomic E-state index is 0.149. The Bertz CT molecular complexity index is 574. The fraction of sp³-hybridized carbons (Fsp3) is 0.500. The van der Waals surface area contributed by atoms with E-state index in [2.05, 4.69) is 13.8 Å². The summed E-state index contributed by atoms with van der Waals surface area (Å²) in [5.74, 6) is -0.270. The van der Waals surface area contributed by atoms with Crippen molar-refractivity contribution in [1.29, 1.82) is 0 Å². The van der Waals surface area contributed by atoms with Gasteiger partial charge in [0.15, 0.2) is 17.6 Å². The first-order chi connectivity index (χ1) is 10.8. The van der Waals surface area contributed by atoms with E-state index in [9.17, 15) is 9.59 Å². The third kappa shape index (κ3) is 5.63. The summed E-state index contributed by atoms with van der Waals surface area (Å²) in [6.45, 7) is 6.04. The summed E-state index contributed by atoms with van der Waals surface area (Å²) in [5, 5.41) is 0.229. The van der Waals surface area contributed by atoms with Crippen molar-refractivity contribution < 1.29 is 23.8 Å². The van der Waals surface area contributed by atoms with E-state index >= 15 is 0 Å². The molecule has 0 saturated heterocycles. The highest BCUT2D eigenvalue weighted by Gasteiger charge is 2.20. The summed E-state index contributed by atoms with van der Waals surface area (Å²) in [6.07, 6.45) is -0.173. The molecular formula is C16H22ClNO5. The Kier molecular flexibility index (Phi) is 7.16. The molecule has 0 unspecified atom stereocenters. The van der Waals surface area contributed by atoms with Crippen LogP contribution in [0.4, 0.5) is 0 Å². The molecule has 1 aromatic rings. The molecule has 0 aliphatic heterocycles. The second kappa shape index (κ2) is 8.62. The predicted octanol–water partition coefficient (Wildman–Crippen LogP) is 2.80. The molecule has 1 amide bonds. The van der Waals surface area contributed by atoms with Crippen molar-refractivity contribution in [2.75, 3.05) is 13.7 Å². The number of hydrogen-bond acceptors (Lipinski definition) is 5. The lowest BCUT2D eigenvalue weighted by molar-refractivity contribution is -0.125. The molecule has 6 nitrogen and oxygen atoms in total. The van der Waals surface area contributed by atoms with Crippen molar-refractivity contribution in [2.45, 2.75) is 33.3 Å². The molecule has 1 atom stereocenters. The fourth-order valence-electron chi connectivity index (χ4n) is 1.66. The monoisotopic (exact) mass is 343 g/mol. The van der Waals surface area contributed by atoms with Crippen LogP contribution in [0.5, 0.6) is 11.5 Å². The average Bonchev–Trinajstić information content (AvgIpc) is 2.47. The van der Waals surface area contributed by atoms with Crippen LogP contribution in [0.2, 0.25) is 5.02 Å². The van der Waals surface area contributed by atoms with Gasteiger partial charge in [-0.05, 0) is 31.4 Å². The van der Waals surface area contributed by atoms with Crippen molar-refractivity contribution >= 4 is 23.5 Å². The summed E-state index contributed by atoms with van der Waals surface area (Å²) in [6, 6.07) is 2.86. The first-order valence-corrected chi connectivity index (χ1v) is 7.64. The first kappa shape index (κ1) is 19.1. The first-order valence-electron chi connectivity index (χ1n) is 7.26. The minimum atomic E-state index is -1.03. The summed E-state index contributed by atoms with van der Waals surface area (Å²) in [4.78, 5) is 23.0. The van der Waals surface area contributed by atoms with E-state index in [1.165, 1.54) is 26.2 Å². The molecule has 0 bridgehead atoms. The van der Waals surface area contributed by atoms with Gasteiger partial charge in [-0.1, -0.05) is 25.4 Å². The number of methoxy groups -OCH3 is 1. The molecule has 0 radical (unpaired) electrons. The molecular weight excluding hydrogens is 322 g/mol. The Morgan fingerprint density at radius 3 is 2.43 bits per heavy atom. The topological polar surface area (TPSA) is 87.9 Å². The normalized spacial score (nSPS) is 11.9. The molecule has 1 aromatic carbocycles. The van der Waals surface area contributed by atoms with Crippen LogP contribution < -0.4 is 15.2 Å². The van der Waals surface area contributed by atoms with Crippen LogP contribution in [0.25, 0.3) is 0 Å². The summed E-state index contributed by atoms with van der Waals surface area (Å²) >= 11 is 6.17. The van der Waals surface area contributed by atoms with Crippen molar-refractivity contribution in [3.05, 3.63) is 22.7 Å². The SMILES string of the molecule is COc1cc(C(=O)O[C@H](C)C(N)=O)cc(Cl)c1OCCC(C)C. The van der Waals surface area contributed by atoms with E-state index in [0.29, 0.717) is 24.0 Å². The predicted molar refractivity (Wildman–Crippen MR) is 87.0 cm³/mol. The standard InChI is InChI=1S/C16H22ClNO5/c1-9(2)5-6-22-14-12(17)7-11(8-13(14)21-4)16(20)23-10(3)15(18)19/h7-10H,5-6H2,1-4H3,(H2,18,19)/t10-/m1/s1. The number of carbonyl (C=O) groups is 2. The molecule has 7 heteroatoms. The third-order valence-electron chi connectivity index (χ3n) is 3.09. The van der Waals surface area contributed by atoms with Crippen molar-refractivity contribution in [1.82, 2.24) is 0 Å². The zero-order valence-electron chi connectivity index (χ0n) is 13.7. The number of ether oxygens (including phenoxy) is 3. The van der Waals surface area contributed by atoms with Gasteiger partial charge in [-0.25, -0.2) is 4.79 Å². The van der Waals surface area contributed by atoms with Gasteiger partial charge in [0.25, 0.3) is 5.91 Å². The summed E-state index contributed by atoms with van der Waals surface area (Å²) < 4.78 is 15.8. The molecule has 0 aliphatic rings. The van der Waals surface area contributed by atoms with Crippen molar-refractivity contribution in [2.24, 2.45) is 11.7 Å². The van der Waals surface area contributed by atoms with Gasteiger partial charge in [-0.2, -0.15) is 0 Å². The molecule has 1 rings (SSSR count). The van der Waals surface area contributed by atoms with E-state index in [0.717, 1.165) is 6.42 Å². The number of hydrogen-bond donors (Lipinski definition) is 1. The number of halogens is 1. The van der Waals surface area contributed by atoms with Gasteiger partial charge in [0, 0.05) is 0 Å². The fourth-order valence-corrected chi connectivity index (χ4v) is 1.93. The molecule has 0 spiro atoms. The molecule has 0 heterocycles. The maximum atomic E-state index is 12.0. The highest BCUT2D eigenvalue weighted by molar-refractivity contribution is 6.32. The maximum absolute atomic E-state index is 12.0. The number of esters is 1. The van der Waals surface area contributed by atoms with Crippen LogP contribution in [0.1, 0.15) is 37.6 Å². The number of rotatable bonds is 8. The van der Waals surface area contributed by atoms with Crippen LogP contribution >= 0.6 is 11.6 Å². The minimum Gasteiger partial charge on any atom is -0.493 e. The van der Waals surface area contributed by atoms with Gasteiger partial charge in [0.2, 0.25) is 0 Å². The Balaban J connectivity index is 2.94. The summed E-state index contributed by atoms with van der Waals surface area (Å²) in [5.41, 5.74) is 5.21. The highest BCUT2D eigenvalue weighted by atomic mass is 35.5. The van der Waals surface area contributed by atoms with Gasteiger partial charge in [-0.15, -0.1) is 0 Å². The molecule has 128 valence electrons. The quantitative estimate of drug-likeness (QED) is 0.733. The molecule has 0 fully saturated rings. The highest BCUT2D eigenvalue weighted by Crippen LogP contribution is 2.36. The largest absolute Gasteiger partial charge is 0.493 e. The van der Waals surface area contributed by atoms with Crippen LogP contribution in [-0.2, 0) is 9.53 Å². The number of benzene rings is 1. The van der Waals surface area contributed by atoms with Gasteiger partial charge in [0.05, 0.1) is 24.3 Å². The van der Waals surface area contributed by atoms with Crippen molar-refractivity contribution in [3.63, 3.8) is 0 Å². The van der Waals surface area contributed by atoms with E-state index in [1.54, 1.807) is 0 Å². The zero-order chi connectivity index (χ0) is 17.6. The van der Waals surface area contributed by atoms with Crippen LogP contribution in [0.15, 0.2) is 12.1 Å². The summed E-state index contributed by atoms with van der Waals surface area (Å²) in [7, 11) is 1.45. The number of carbonyl (C=O) groups excluding carboxylic acids is 2. The Morgan fingerprint density at radius 2 is 1.91 bits per heavy atom. The molecule has 0 aliphatic carbocycles. The maximum Gasteiger partial charge on any atom is 0.339 e. The van der Waals surface area contributed by atoms with Crippen LogP contribution in [0.3, 0.4) is 0 Å². The smallest absolute Gasteiger partial charge is 0.339 e. The Labute approximate surface area is 140 Å². The lowest BCUT2D eigenvalue weighted by atomic mass is 10.1. The van der Waals surface area contributed by atoms with E-state index in [1.807, 2.05) is 0 Å². The average molecular weight is 344 g/mol. The lowest BCUT2D eigenvalue weighted by Gasteiger charge is -2.15. The molecule has 0 saturated carbocycles. The van der Waals surface area contributed by atoms with E-state index in [-0.39, 0.29) is 10.6 Å². The second-order valence-corrected chi connectivity index (χ2v) is 5.88. The zero-order valence-corrected chi connectivity index (χ0v) is 14.5. The number of primary amides is 1. The number of amides is 1. The lowest BCUT2D eigenvalue weighted by Crippen LogP contribution is -2.30. The second-order valence-electron chi connectivity index (χ2n) is 5.47. The molecule has 23 heavy (non-hydrogen) atoms. The van der Waals surface area contributed by atoms with Crippen LogP contribution in [0, 0.1) is 5.92 Å². The number of nitrogens with two attached hydrogens (primary N) is 1. The third-order valence-corrected chi connectivity index (χ3v) is 3.37. The molecule has 2 N–H and O–H groups in total. The van der Waals surface area contributed by atoms with Gasteiger partial charge < -0.3 is 19.9 Å². The van der Waals surface area contributed by atoms with Gasteiger partial charge in [0.1, 0.15) is 0 Å². The van der Waals surface area contributed by atoms with Crippen LogP contribution in [-0.4, -0.2) is 31.7 Å². The Morgan fingerprint density at radius 1 is 1.26 bits per heavy atom. The Hall–Kier alpha value is -1.95. The van der Waals surface area contributed by atoms with E-state index in [4.69, 9.17) is 31.5 Å². The van der Waals surface area contributed by atoms with Gasteiger partial charge in [-0.3, -0.25) is 4.79 Å². The molecule has 0 aromatic heterocycles. The van der Waals surface area contributed by atoms with Gasteiger partial charge >= 0.3 is 5.97 Å².